The number of nitrogens with one attached hydrogen (secondary N) is 3. The molecular weight excluding hydrogens is 356 g/mol. The van der Waals surface area contributed by atoms with Crippen LogP contribution in [0.2, 0.25) is 0 Å². The highest BCUT2D eigenvalue weighted by Crippen LogP contribution is 2.22. The SMILES string of the molecule is N=C(c1cccc(N2CCNCC2)n1)c1cc(N2CCNCC2=O)ncc1N. The molecule has 5 N–H and O–H groups in total. The van der Waals surface area contributed by atoms with Crippen LogP contribution in [0.25, 0.3) is 0 Å². The highest BCUT2D eigenvalue weighted by molar-refractivity contribution is 6.13. The van der Waals surface area contributed by atoms with E-state index in [1.807, 2.05) is 18.2 Å². The average molecular weight is 380 g/mol. The molecule has 2 aromatic heterocycles. The number of hydrogen-bond acceptors (Lipinski definition) is 8. The number of nitrogen functional groups attached to an aromatic ring is 1. The summed E-state index contributed by atoms with van der Waals surface area (Å²) in [4.78, 5) is 25.0. The standard InChI is InChI=1S/C19H24N8O/c20-14-11-24-17(27-9-6-23-12-18(27)28)10-13(14)19(21)15-2-1-3-16(25-15)26-7-4-22-5-8-26/h1-3,10-11,21-23H,4-9,12,20H2. The van der Waals surface area contributed by atoms with E-state index in [2.05, 4.69) is 25.5 Å². The molecule has 2 aromatic rings. The van der Waals surface area contributed by atoms with Gasteiger partial charge in [0.05, 0.1) is 29.8 Å². The Kier molecular flexibility index (Phi) is 5.18. The number of carbonyl (C=O) groups excluding carboxylic acids is 1. The molecule has 28 heavy (non-hydrogen) atoms. The number of nitrogens with zero attached hydrogens (tertiary/aromatic N) is 4. The van der Waals surface area contributed by atoms with Gasteiger partial charge in [0.1, 0.15) is 11.6 Å². The van der Waals surface area contributed by atoms with Crippen LogP contribution in [0.5, 0.6) is 0 Å². The number of nitrogens with two attached hydrogens (primary N) is 1. The Morgan fingerprint density at radius 3 is 2.68 bits per heavy atom. The molecule has 2 aliphatic rings. The first-order valence-electron chi connectivity index (χ1n) is 9.42. The predicted molar refractivity (Wildman–Crippen MR) is 109 cm³/mol. The molecule has 9 heteroatoms. The lowest BCUT2D eigenvalue weighted by Gasteiger charge is -2.28. The summed E-state index contributed by atoms with van der Waals surface area (Å²) in [6, 6.07) is 7.39. The van der Waals surface area contributed by atoms with Gasteiger partial charge in [-0.3, -0.25) is 15.1 Å². The average Bonchev–Trinajstić information content (AvgIpc) is 2.75. The summed E-state index contributed by atoms with van der Waals surface area (Å²) in [6.07, 6.45) is 1.51. The van der Waals surface area contributed by atoms with Gasteiger partial charge in [-0.15, -0.1) is 0 Å². The van der Waals surface area contributed by atoms with Gasteiger partial charge in [0.15, 0.2) is 0 Å². The number of carbonyl (C=O) groups is 1. The quantitative estimate of drug-likeness (QED) is 0.543. The van der Waals surface area contributed by atoms with E-state index < -0.39 is 0 Å². The molecule has 4 heterocycles. The second kappa shape index (κ2) is 7.91. The Morgan fingerprint density at radius 2 is 1.89 bits per heavy atom. The minimum absolute atomic E-state index is 0.0418. The van der Waals surface area contributed by atoms with Crippen molar-refractivity contribution in [3.05, 3.63) is 41.7 Å². The van der Waals surface area contributed by atoms with Crippen molar-refractivity contribution in [1.29, 1.82) is 5.41 Å². The molecule has 1 amide bonds. The Balaban J connectivity index is 1.62. The van der Waals surface area contributed by atoms with Crippen molar-refractivity contribution in [1.82, 2.24) is 20.6 Å². The van der Waals surface area contributed by atoms with Gasteiger partial charge < -0.3 is 21.3 Å². The molecule has 2 saturated heterocycles. The summed E-state index contributed by atoms with van der Waals surface area (Å²) in [5, 5.41) is 15.0. The topological polar surface area (TPSA) is 123 Å². The maximum Gasteiger partial charge on any atom is 0.242 e. The number of amides is 1. The number of anilines is 3. The van der Waals surface area contributed by atoms with E-state index in [4.69, 9.17) is 11.1 Å². The van der Waals surface area contributed by atoms with Crippen molar-refractivity contribution >= 4 is 28.9 Å². The fraction of sp³-hybridized carbons (Fsp3) is 0.368. The first kappa shape index (κ1) is 18.3. The van der Waals surface area contributed by atoms with Crippen LogP contribution in [0.1, 0.15) is 11.3 Å². The van der Waals surface area contributed by atoms with Crippen LogP contribution in [0, 0.1) is 5.41 Å². The normalized spacial score (nSPS) is 17.6. The van der Waals surface area contributed by atoms with E-state index in [1.165, 1.54) is 6.20 Å². The highest BCUT2D eigenvalue weighted by atomic mass is 16.2. The minimum Gasteiger partial charge on any atom is -0.397 e. The first-order chi connectivity index (χ1) is 13.6. The van der Waals surface area contributed by atoms with E-state index in [0.717, 1.165) is 32.0 Å². The molecule has 0 spiro atoms. The van der Waals surface area contributed by atoms with Gasteiger partial charge in [0.2, 0.25) is 5.91 Å². The fourth-order valence-corrected chi connectivity index (χ4v) is 3.44. The summed E-state index contributed by atoms with van der Waals surface area (Å²) in [5.41, 5.74) is 7.80. The molecule has 0 aliphatic carbocycles. The summed E-state index contributed by atoms with van der Waals surface area (Å²) in [7, 11) is 0. The van der Waals surface area contributed by atoms with Gasteiger partial charge in [0.25, 0.3) is 0 Å². The molecule has 0 saturated carbocycles. The van der Waals surface area contributed by atoms with Crippen molar-refractivity contribution in [2.45, 2.75) is 0 Å². The maximum absolute atomic E-state index is 12.2. The van der Waals surface area contributed by atoms with Crippen molar-refractivity contribution in [3.63, 3.8) is 0 Å². The number of hydrogen-bond donors (Lipinski definition) is 4. The number of pyridine rings is 2. The van der Waals surface area contributed by atoms with Crippen LogP contribution in [-0.4, -0.2) is 67.4 Å². The van der Waals surface area contributed by atoms with Crippen molar-refractivity contribution in [3.8, 4) is 0 Å². The van der Waals surface area contributed by atoms with Crippen LogP contribution < -0.4 is 26.2 Å². The maximum atomic E-state index is 12.2. The van der Waals surface area contributed by atoms with Crippen LogP contribution >= 0.6 is 0 Å². The van der Waals surface area contributed by atoms with E-state index >= 15 is 0 Å². The first-order valence-corrected chi connectivity index (χ1v) is 9.42. The fourth-order valence-electron chi connectivity index (χ4n) is 3.44. The number of rotatable bonds is 4. The van der Waals surface area contributed by atoms with Gasteiger partial charge >= 0.3 is 0 Å². The van der Waals surface area contributed by atoms with Crippen molar-refractivity contribution in [2.24, 2.45) is 0 Å². The molecule has 0 aromatic carbocycles. The van der Waals surface area contributed by atoms with E-state index in [0.29, 0.717) is 35.9 Å². The molecule has 0 unspecified atom stereocenters. The number of piperazine rings is 2. The van der Waals surface area contributed by atoms with Crippen LogP contribution in [0.4, 0.5) is 17.3 Å². The van der Waals surface area contributed by atoms with Gasteiger partial charge in [-0.25, -0.2) is 9.97 Å². The largest absolute Gasteiger partial charge is 0.397 e. The van der Waals surface area contributed by atoms with E-state index in [9.17, 15) is 4.79 Å². The lowest BCUT2D eigenvalue weighted by Crippen LogP contribution is -2.48. The highest BCUT2D eigenvalue weighted by Gasteiger charge is 2.22. The lowest BCUT2D eigenvalue weighted by molar-refractivity contribution is -0.118. The Bertz CT molecular complexity index is 893. The summed E-state index contributed by atoms with van der Waals surface area (Å²) >= 11 is 0. The van der Waals surface area contributed by atoms with Crippen molar-refractivity contribution in [2.75, 3.05) is 61.3 Å². The minimum atomic E-state index is -0.0418. The summed E-state index contributed by atoms with van der Waals surface area (Å²) < 4.78 is 0. The summed E-state index contributed by atoms with van der Waals surface area (Å²) in [6.45, 7) is 5.14. The molecule has 4 rings (SSSR count). The molecule has 0 radical (unpaired) electrons. The molecule has 146 valence electrons. The predicted octanol–water partition coefficient (Wildman–Crippen LogP) is -0.179. The molecule has 0 atom stereocenters. The zero-order valence-corrected chi connectivity index (χ0v) is 15.6. The van der Waals surface area contributed by atoms with Gasteiger partial charge in [-0.05, 0) is 18.2 Å². The summed E-state index contributed by atoms with van der Waals surface area (Å²) in [5.74, 6) is 1.33. The Hall–Kier alpha value is -3.04. The van der Waals surface area contributed by atoms with Gasteiger partial charge in [-0.1, -0.05) is 6.07 Å². The molecule has 2 fully saturated rings. The van der Waals surface area contributed by atoms with E-state index in [-0.39, 0.29) is 18.2 Å². The zero-order chi connectivity index (χ0) is 19.5. The van der Waals surface area contributed by atoms with Gasteiger partial charge in [0, 0.05) is 44.8 Å². The number of aromatic nitrogens is 2. The van der Waals surface area contributed by atoms with Gasteiger partial charge in [-0.2, -0.15) is 0 Å². The Morgan fingerprint density at radius 1 is 1.11 bits per heavy atom. The second-order valence-electron chi connectivity index (χ2n) is 6.84. The van der Waals surface area contributed by atoms with Crippen LogP contribution in [0.15, 0.2) is 30.5 Å². The third-order valence-corrected chi connectivity index (χ3v) is 4.99. The molecule has 9 nitrogen and oxygen atoms in total. The van der Waals surface area contributed by atoms with Crippen LogP contribution in [0.3, 0.4) is 0 Å². The van der Waals surface area contributed by atoms with E-state index in [1.54, 1.807) is 11.0 Å². The monoisotopic (exact) mass is 380 g/mol. The van der Waals surface area contributed by atoms with Crippen molar-refractivity contribution < 1.29 is 4.79 Å². The lowest BCUT2D eigenvalue weighted by atomic mass is 10.1. The third kappa shape index (κ3) is 3.67. The smallest absolute Gasteiger partial charge is 0.242 e. The molecular formula is C19H24N8O. The van der Waals surface area contributed by atoms with Crippen LogP contribution in [-0.2, 0) is 4.79 Å². The third-order valence-electron chi connectivity index (χ3n) is 4.99. The zero-order valence-electron chi connectivity index (χ0n) is 15.6. The molecule has 0 bridgehead atoms. The molecule has 2 aliphatic heterocycles. The Labute approximate surface area is 163 Å². The second-order valence-corrected chi connectivity index (χ2v) is 6.84.